The topological polar surface area (TPSA) is 28.7 Å². The maximum Gasteiger partial charge on any atom is 0.125 e. The predicted octanol–water partition coefficient (Wildman–Crippen LogP) is 8.39. The molecule has 34 heavy (non-hydrogen) atoms. The van der Waals surface area contributed by atoms with Gasteiger partial charge in [-0.05, 0) is 34.4 Å². The molecule has 0 amide bonds. The van der Waals surface area contributed by atoms with Gasteiger partial charge in [-0.1, -0.05) is 114 Å². The van der Waals surface area contributed by atoms with E-state index in [9.17, 15) is 0 Å². The standard InChI is InChI=1S/C29H22Cl2N2S/c30-25-15-8-16-26(27(25)31)34-20-21-9-7-14-24(19-21)29(28-32-17-18-33-28,22-10-3-1-4-11-22)23-12-5-2-6-13-23/h1-19H,20H2,(H,32,33). The van der Waals surface area contributed by atoms with Crippen LogP contribution in [0.2, 0.25) is 10.0 Å². The van der Waals surface area contributed by atoms with Crippen molar-refractivity contribution in [1.82, 2.24) is 9.97 Å². The summed E-state index contributed by atoms with van der Waals surface area (Å²) in [6, 6.07) is 35.6. The van der Waals surface area contributed by atoms with Crippen molar-refractivity contribution in [3.63, 3.8) is 0 Å². The summed E-state index contributed by atoms with van der Waals surface area (Å²) in [6.07, 6.45) is 3.70. The zero-order chi connectivity index (χ0) is 23.4. The number of thioether (sulfide) groups is 1. The van der Waals surface area contributed by atoms with E-state index in [0.717, 1.165) is 33.2 Å². The Labute approximate surface area is 214 Å². The van der Waals surface area contributed by atoms with Crippen molar-refractivity contribution in [2.45, 2.75) is 16.1 Å². The number of benzene rings is 4. The molecule has 0 unspecified atom stereocenters. The molecule has 0 atom stereocenters. The van der Waals surface area contributed by atoms with E-state index in [0.29, 0.717) is 10.0 Å². The van der Waals surface area contributed by atoms with Gasteiger partial charge < -0.3 is 4.98 Å². The highest BCUT2D eigenvalue weighted by atomic mass is 35.5. The first-order valence-corrected chi connectivity index (χ1v) is 12.7. The van der Waals surface area contributed by atoms with Crippen molar-refractivity contribution in [3.05, 3.63) is 154 Å². The van der Waals surface area contributed by atoms with Crippen molar-refractivity contribution in [2.75, 3.05) is 0 Å². The number of hydrogen-bond donors (Lipinski definition) is 1. The molecule has 0 aliphatic rings. The van der Waals surface area contributed by atoms with Crippen LogP contribution in [-0.2, 0) is 11.2 Å². The molecule has 4 aromatic carbocycles. The van der Waals surface area contributed by atoms with Crippen LogP contribution in [-0.4, -0.2) is 9.97 Å². The minimum absolute atomic E-state index is 0.574. The Hall–Kier alpha value is -2.98. The van der Waals surface area contributed by atoms with Gasteiger partial charge in [0.15, 0.2) is 0 Å². The van der Waals surface area contributed by atoms with E-state index < -0.39 is 5.41 Å². The van der Waals surface area contributed by atoms with Crippen molar-refractivity contribution in [2.24, 2.45) is 0 Å². The second-order valence-electron chi connectivity index (χ2n) is 7.96. The molecule has 2 nitrogen and oxygen atoms in total. The number of nitrogens with one attached hydrogen (secondary N) is 1. The fourth-order valence-electron chi connectivity index (χ4n) is 4.41. The van der Waals surface area contributed by atoms with E-state index in [4.69, 9.17) is 28.2 Å². The van der Waals surface area contributed by atoms with Gasteiger partial charge >= 0.3 is 0 Å². The van der Waals surface area contributed by atoms with Crippen LogP contribution >= 0.6 is 35.0 Å². The first-order valence-electron chi connectivity index (χ1n) is 11.0. The van der Waals surface area contributed by atoms with Gasteiger partial charge in [-0.2, -0.15) is 0 Å². The van der Waals surface area contributed by atoms with Crippen LogP contribution in [0.5, 0.6) is 0 Å². The third-order valence-corrected chi connectivity index (χ3v) is 8.00. The monoisotopic (exact) mass is 500 g/mol. The number of aromatic amines is 1. The maximum atomic E-state index is 6.43. The Morgan fingerprint density at radius 2 is 1.38 bits per heavy atom. The third-order valence-electron chi connectivity index (χ3n) is 5.94. The highest BCUT2D eigenvalue weighted by Gasteiger charge is 2.40. The lowest BCUT2D eigenvalue weighted by Gasteiger charge is -2.34. The van der Waals surface area contributed by atoms with E-state index in [1.165, 1.54) is 5.56 Å². The van der Waals surface area contributed by atoms with Gasteiger partial charge in [-0.25, -0.2) is 4.98 Å². The summed E-state index contributed by atoms with van der Waals surface area (Å²) in [5.41, 5.74) is 4.06. The summed E-state index contributed by atoms with van der Waals surface area (Å²) in [5.74, 6) is 1.65. The minimum Gasteiger partial charge on any atom is -0.347 e. The molecule has 0 saturated carbocycles. The molecule has 1 N–H and O–H groups in total. The summed E-state index contributed by atoms with van der Waals surface area (Å²) >= 11 is 14.3. The van der Waals surface area contributed by atoms with E-state index >= 15 is 0 Å². The number of aromatic nitrogens is 2. The van der Waals surface area contributed by atoms with Gasteiger partial charge in [0, 0.05) is 23.0 Å². The third kappa shape index (κ3) is 4.27. The fraction of sp³-hybridized carbons (Fsp3) is 0.0690. The smallest absolute Gasteiger partial charge is 0.125 e. The molecular weight excluding hydrogens is 479 g/mol. The Bertz CT molecular complexity index is 1330. The highest BCUT2D eigenvalue weighted by molar-refractivity contribution is 7.98. The zero-order valence-corrected chi connectivity index (χ0v) is 20.6. The lowest BCUT2D eigenvalue weighted by molar-refractivity contribution is 0.691. The molecule has 0 aliphatic heterocycles. The summed E-state index contributed by atoms with van der Waals surface area (Å²) < 4.78 is 0. The average molecular weight is 501 g/mol. The van der Waals surface area contributed by atoms with Gasteiger partial charge in [0.05, 0.1) is 10.0 Å². The Balaban J connectivity index is 1.64. The van der Waals surface area contributed by atoms with E-state index in [-0.39, 0.29) is 0 Å². The van der Waals surface area contributed by atoms with E-state index in [2.05, 4.69) is 77.8 Å². The van der Waals surface area contributed by atoms with Gasteiger partial charge in [-0.15, -0.1) is 11.8 Å². The van der Waals surface area contributed by atoms with Crippen LogP contribution in [0.1, 0.15) is 28.1 Å². The molecule has 0 saturated heterocycles. The number of imidazole rings is 1. The lowest BCUT2D eigenvalue weighted by atomic mass is 9.68. The fourth-order valence-corrected chi connectivity index (χ4v) is 5.84. The SMILES string of the molecule is Clc1cccc(SCc2cccc(C(c3ccccc3)(c3ccccc3)c3ncc[nH]3)c2)c1Cl. The molecular formula is C29H22Cl2N2S. The Morgan fingerprint density at radius 1 is 0.735 bits per heavy atom. The predicted molar refractivity (Wildman–Crippen MR) is 143 cm³/mol. The number of hydrogen-bond acceptors (Lipinski definition) is 2. The molecule has 5 heteroatoms. The first-order chi connectivity index (χ1) is 16.7. The minimum atomic E-state index is -0.583. The van der Waals surface area contributed by atoms with Crippen LogP contribution in [0.25, 0.3) is 0 Å². The quantitative estimate of drug-likeness (QED) is 0.179. The molecule has 1 aromatic heterocycles. The normalized spacial score (nSPS) is 11.5. The Kier molecular flexibility index (Phi) is 6.77. The van der Waals surface area contributed by atoms with Gasteiger partial charge in [0.25, 0.3) is 0 Å². The first kappa shape index (κ1) is 22.8. The number of nitrogens with zero attached hydrogens (tertiary/aromatic N) is 1. The van der Waals surface area contributed by atoms with E-state index in [1.54, 1.807) is 11.8 Å². The summed E-state index contributed by atoms with van der Waals surface area (Å²) in [5, 5.41) is 1.18. The molecule has 0 radical (unpaired) electrons. The van der Waals surface area contributed by atoms with Crippen LogP contribution < -0.4 is 0 Å². The van der Waals surface area contributed by atoms with Crippen LogP contribution in [0.4, 0.5) is 0 Å². The maximum absolute atomic E-state index is 6.43. The molecule has 0 bridgehead atoms. The van der Waals surface area contributed by atoms with Crippen molar-refractivity contribution < 1.29 is 0 Å². The number of halogens is 2. The van der Waals surface area contributed by atoms with Crippen LogP contribution in [0, 0.1) is 0 Å². The molecule has 1 heterocycles. The van der Waals surface area contributed by atoms with Crippen LogP contribution in [0.15, 0.2) is 120 Å². The van der Waals surface area contributed by atoms with Gasteiger partial charge in [0.2, 0.25) is 0 Å². The summed E-state index contributed by atoms with van der Waals surface area (Å²) in [4.78, 5) is 9.16. The molecule has 0 spiro atoms. The second kappa shape index (κ2) is 10.1. The Morgan fingerprint density at radius 3 is 2.03 bits per heavy atom. The average Bonchev–Trinajstić information content (AvgIpc) is 3.42. The molecule has 0 aliphatic carbocycles. The zero-order valence-electron chi connectivity index (χ0n) is 18.3. The van der Waals surface area contributed by atoms with E-state index in [1.807, 2.05) is 42.7 Å². The van der Waals surface area contributed by atoms with Crippen molar-refractivity contribution in [1.29, 1.82) is 0 Å². The van der Waals surface area contributed by atoms with Crippen LogP contribution in [0.3, 0.4) is 0 Å². The number of H-pyrrole nitrogens is 1. The van der Waals surface area contributed by atoms with Gasteiger partial charge in [-0.3, -0.25) is 0 Å². The lowest BCUT2D eigenvalue weighted by Crippen LogP contribution is -2.32. The van der Waals surface area contributed by atoms with Crippen molar-refractivity contribution >= 4 is 35.0 Å². The second-order valence-corrected chi connectivity index (χ2v) is 9.76. The summed E-state index contributed by atoms with van der Waals surface area (Å²) in [6.45, 7) is 0. The molecule has 5 rings (SSSR count). The van der Waals surface area contributed by atoms with Crippen molar-refractivity contribution in [3.8, 4) is 0 Å². The highest BCUT2D eigenvalue weighted by Crippen LogP contribution is 2.44. The van der Waals surface area contributed by atoms with Gasteiger partial charge in [0.1, 0.15) is 11.2 Å². The molecule has 168 valence electrons. The largest absolute Gasteiger partial charge is 0.347 e. The summed E-state index contributed by atoms with van der Waals surface area (Å²) in [7, 11) is 0. The molecule has 0 fully saturated rings. The molecule has 5 aromatic rings. The number of rotatable bonds is 7.